The Hall–Kier alpha value is -1.41. The molecule has 5 nitrogen and oxygen atoms in total. The largest absolute Gasteiger partial charge is 0.497 e. The average molecular weight is 327 g/mol. The second kappa shape index (κ2) is 6.57. The molecular weight excluding hydrogens is 310 g/mol. The van der Waals surface area contributed by atoms with Crippen molar-refractivity contribution in [3.63, 3.8) is 0 Å². The summed E-state index contributed by atoms with van der Waals surface area (Å²) in [7, 11) is -2.06. The Morgan fingerprint density at radius 2 is 1.95 bits per heavy atom. The van der Waals surface area contributed by atoms with Gasteiger partial charge < -0.3 is 9.84 Å². The molecule has 0 unspecified atom stereocenters. The number of benzene rings is 1. The minimum atomic E-state index is -3.64. The molecule has 1 aromatic carbocycles. The Bertz CT molecular complexity index is 705. The quantitative estimate of drug-likeness (QED) is 0.851. The standard InChI is InChI=1S/C14H17NO4S2/c1-10-9-20-13(8-16)14(10)21(17,18)15-7-11-3-5-12(19-2)6-4-11/h3-6,9,15-16H,7-8H2,1-2H3. The van der Waals surface area contributed by atoms with Gasteiger partial charge >= 0.3 is 0 Å². The Kier molecular flexibility index (Phi) is 5.00. The summed E-state index contributed by atoms with van der Waals surface area (Å²) in [4.78, 5) is 0.637. The number of hydrogen-bond donors (Lipinski definition) is 2. The highest BCUT2D eigenvalue weighted by Crippen LogP contribution is 2.26. The first-order valence-electron chi connectivity index (χ1n) is 6.28. The van der Waals surface area contributed by atoms with Crippen LogP contribution in [0.15, 0.2) is 34.5 Å². The van der Waals surface area contributed by atoms with E-state index in [4.69, 9.17) is 4.74 Å². The normalized spacial score (nSPS) is 11.6. The Morgan fingerprint density at radius 3 is 2.52 bits per heavy atom. The fourth-order valence-corrected chi connectivity index (χ4v) is 4.63. The second-order valence-corrected chi connectivity index (χ2v) is 7.17. The van der Waals surface area contributed by atoms with E-state index < -0.39 is 10.0 Å². The molecule has 0 aliphatic rings. The van der Waals surface area contributed by atoms with Crippen LogP contribution in [0.4, 0.5) is 0 Å². The van der Waals surface area contributed by atoms with Gasteiger partial charge in [-0.1, -0.05) is 12.1 Å². The summed E-state index contributed by atoms with van der Waals surface area (Å²) in [6, 6.07) is 7.15. The van der Waals surface area contributed by atoms with E-state index in [9.17, 15) is 13.5 Å². The first-order valence-corrected chi connectivity index (χ1v) is 8.64. The molecule has 0 radical (unpaired) electrons. The summed E-state index contributed by atoms with van der Waals surface area (Å²) in [5.74, 6) is 0.720. The van der Waals surface area contributed by atoms with Crippen LogP contribution in [0.3, 0.4) is 0 Å². The lowest BCUT2D eigenvalue weighted by Gasteiger charge is -2.09. The first-order chi connectivity index (χ1) is 9.97. The third-order valence-corrected chi connectivity index (χ3v) is 5.88. The molecule has 2 aromatic rings. The van der Waals surface area contributed by atoms with Gasteiger partial charge in [0.15, 0.2) is 0 Å². The summed E-state index contributed by atoms with van der Waals surface area (Å²) in [5, 5.41) is 11.0. The van der Waals surface area contributed by atoms with Crippen molar-refractivity contribution >= 4 is 21.4 Å². The number of nitrogens with one attached hydrogen (secondary N) is 1. The number of aliphatic hydroxyl groups excluding tert-OH is 1. The number of methoxy groups -OCH3 is 1. The SMILES string of the molecule is COc1ccc(CNS(=O)(=O)c2c(C)csc2CO)cc1. The zero-order chi connectivity index (χ0) is 15.5. The van der Waals surface area contributed by atoms with Gasteiger partial charge in [0.1, 0.15) is 10.6 Å². The van der Waals surface area contributed by atoms with Gasteiger partial charge in [0.05, 0.1) is 18.6 Å². The maximum atomic E-state index is 12.4. The lowest BCUT2D eigenvalue weighted by atomic mass is 10.2. The minimum Gasteiger partial charge on any atom is -0.497 e. The Labute approximate surface area is 128 Å². The van der Waals surface area contributed by atoms with Crippen molar-refractivity contribution in [1.82, 2.24) is 4.72 Å². The lowest BCUT2D eigenvalue weighted by Crippen LogP contribution is -2.24. The van der Waals surface area contributed by atoms with Gasteiger partial charge in [0.25, 0.3) is 0 Å². The van der Waals surface area contributed by atoms with Crippen LogP contribution in [-0.2, 0) is 23.2 Å². The van der Waals surface area contributed by atoms with Crippen LogP contribution >= 0.6 is 11.3 Å². The zero-order valence-electron chi connectivity index (χ0n) is 11.8. The molecule has 1 heterocycles. The molecule has 0 amide bonds. The van der Waals surface area contributed by atoms with E-state index in [-0.39, 0.29) is 18.0 Å². The summed E-state index contributed by atoms with van der Waals surface area (Å²) in [6.45, 7) is 1.63. The molecular formula is C14H17NO4S2. The molecule has 0 spiro atoms. The van der Waals surface area contributed by atoms with E-state index in [0.29, 0.717) is 10.4 Å². The fraction of sp³-hybridized carbons (Fsp3) is 0.286. The number of thiophene rings is 1. The van der Waals surface area contributed by atoms with Gasteiger partial charge in [-0.25, -0.2) is 13.1 Å². The molecule has 7 heteroatoms. The number of sulfonamides is 1. The molecule has 2 N–H and O–H groups in total. The molecule has 1 aromatic heterocycles. The summed E-state index contributed by atoms with van der Waals surface area (Å²) < 4.78 is 32.3. The van der Waals surface area contributed by atoms with Crippen molar-refractivity contribution in [1.29, 1.82) is 0 Å². The predicted molar refractivity (Wildman–Crippen MR) is 82.0 cm³/mol. The monoisotopic (exact) mass is 327 g/mol. The maximum absolute atomic E-state index is 12.4. The number of aryl methyl sites for hydroxylation is 1. The average Bonchev–Trinajstić information content (AvgIpc) is 2.87. The van der Waals surface area contributed by atoms with Crippen LogP contribution < -0.4 is 9.46 Å². The van der Waals surface area contributed by atoms with Gasteiger partial charge in [-0.2, -0.15) is 0 Å². The molecule has 0 bridgehead atoms. The Morgan fingerprint density at radius 1 is 1.29 bits per heavy atom. The lowest BCUT2D eigenvalue weighted by molar-refractivity contribution is 0.282. The van der Waals surface area contributed by atoms with Crippen molar-refractivity contribution in [2.75, 3.05) is 7.11 Å². The van der Waals surface area contributed by atoms with E-state index in [1.807, 2.05) is 0 Å². The van der Waals surface area contributed by atoms with E-state index in [2.05, 4.69) is 4.72 Å². The summed E-state index contributed by atoms with van der Waals surface area (Å²) >= 11 is 1.24. The first kappa shape index (κ1) is 16.0. The number of hydrogen-bond acceptors (Lipinski definition) is 5. The van der Waals surface area contributed by atoms with Crippen molar-refractivity contribution in [3.05, 3.63) is 45.6 Å². The molecule has 0 aliphatic carbocycles. The van der Waals surface area contributed by atoms with Crippen LogP contribution in [0, 0.1) is 6.92 Å². The molecule has 0 atom stereocenters. The van der Waals surface area contributed by atoms with Crippen LogP contribution in [0.2, 0.25) is 0 Å². The molecule has 0 saturated carbocycles. The molecule has 0 fully saturated rings. The molecule has 0 saturated heterocycles. The molecule has 114 valence electrons. The zero-order valence-corrected chi connectivity index (χ0v) is 13.4. The topological polar surface area (TPSA) is 75.6 Å². The van der Waals surface area contributed by atoms with E-state index in [0.717, 1.165) is 11.3 Å². The van der Waals surface area contributed by atoms with Gasteiger partial charge in [-0.05, 0) is 35.6 Å². The predicted octanol–water partition coefficient (Wildman–Crippen LogP) is 2.04. The third-order valence-electron chi connectivity index (χ3n) is 3.03. The van der Waals surface area contributed by atoms with Crippen molar-refractivity contribution in [2.24, 2.45) is 0 Å². The van der Waals surface area contributed by atoms with Crippen LogP contribution in [0.25, 0.3) is 0 Å². The maximum Gasteiger partial charge on any atom is 0.242 e. The highest BCUT2D eigenvalue weighted by molar-refractivity contribution is 7.89. The van der Waals surface area contributed by atoms with E-state index >= 15 is 0 Å². The van der Waals surface area contributed by atoms with Gasteiger partial charge in [-0.15, -0.1) is 11.3 Å². The molecule has 2 rings (SSSR count). The minimum absolute atomic E-state index is 0.184. The van der Waals surface area contributed by atoms with Crippen molar-refractivity contribution in [2.45, 2.75) is 25.0 Å². The number of aliphatic hydroxyl groups is 1. The van der Waals surface area contributed by atoms with Crippen LogP contribution in [0.5, 0.6) is 5.75 Å². The summed E-state index contributed by atoms with van der Waals surface area (Å²) in [5.41, 5.74) is 1.48. The van der Waals surface area contributed by atoms with Crippen molar-refractivity contribution < 1.29 is 18.3 Å². The van der Waals surface area contributed by atoms with E-state index in [1.165, 1.54) is 11.3 Å². The van der Waals surface area contributed by atoms with Gasteiger partial charge in [0.2, 0.25) is 10.0 Å². The van der Waals surface area contributed by atoms with E-state index in [1.54, 1.807) is 43.7 Å². The number of ether oxygens (including phenoxy) is 1. The van der Waals surface area contributed by atoms with Gasteiger partial charge in [-0.3, -0.25) is 0 Å². The highest BCUT2D eigenvalue weighted by atomic mass is 32.2. The van der Waals surface area contributed by atoms with Gasteiger partial charge in [0, 0.05) is 6.54 Å². The van der Waals surface area contributed by atoms with Crippen LogP contribution in [0.1, 0.15) is 16.0 Å². The van der Waals surface area contributed by atoms with Crippen LogP contribution in [-0.4, -0.2) is 20.6 Å². The number of rotatable bonds is 6. The fourth-order valence-electron chi connectivity index (χ4n) is 1.95. The Balaban J connectivity index is 2.15. The highest BCUT2D eigenvalue weighted by Gasteiger charge is 2.22. The molecule has 0 aliphatic heterocycles. The summed E-state index contributed by atoms with van der Waals surface area (Å²) in [6.07, 6.45) is 0. The second-order valence-electron chi connectivity index (χ2n) is 4.50. The van der Waals surface area contributed by atoms with Crippen molar-refractivity contribution in [3.8, 4) is 5.75 Å². The smallest absolute Gasteiger partial charge is 0.242 e. The third kappa shape index (κ3) is 3.62. The molecule has 21 heavy (non-hydrogen) atoms.